The molecule has 1 N–H and O–H groups in total. The molecule has 1 unspecified atom stereocenters. The summed E-state index contributed by atoms with van der Waals surface area (Å²) in [5.41, 5.74) is 4.95. The van der Waals surface area contributed by atoms with Crippen molar-refractivity contribution in [3.8, 4) is 16.9 Å². The van der Waals surface area contributed by atoms with Crippen LogP contribution in [0.2, 0.25) is 0 Å². The quantitative estimate of drug-likeness (QED) is 0.158. The molecule has 0 saturated heterocycles. The summed E-state index contributed by atoms with van der Waals surface area (Å²) in [5.74, 6) is 0.926. The molecule has 0 radical (unpaired) electrons. The van der Waals surface area contributed by atoms with Gasteiger partial charge in [-0.2, -0.15) is 0 Å². The Bertz CT molecular complexity index is 1690. The zero-order chi connectivity index (χ0) is 25.7. The van der Waals surface area contributed by atoms with Crippen LogP contribution in [0.3, 0.4) is 0 Å². The molecule has 1 aliphatic rings. The number of carbonyl (C=O) groups is 1. The van der Waals surface area contributed by atoms with Crippen molar-refractivity contribution in [3.05, 3.63) is 100 Å². The van der Waals surface area contributed by atoms with E-state index in [0.29, 0.717) is 18.1 Å². The van der Waals surface area contributed by atoms with Gasteiger partial charge in [-0.25, -0.2) is 0 Å². The fraction of sp³-hybridized carbons (Fsp3) is 0.138. The number of H-pyrrole nitrogens is 1. The number of aromatic amines is 1. The van der Waals surface area contributed by atoms with Gasteiger partial charge < -0.3 is 14.6 Å². The molecule has 0 fully saturated rings. The second-order valence-electron chi connectivity index (χ2n) is 9.11. The molecule has 7 nitrogen and oxygen atoms in total. The third kappa shape index (κ3) is 3.79. The van der Waals surface area contributed by atoms with Crippen molar-refractivity contribution >= 4 is 50.6 Å². The summed E-state index contributed by atoms with van der Waals surface area (Å²) in [6.45, 7) is 0.462. The Hall–Kier alpha value is -4.36. The molecule has 5 aromatic rings. The van der Waals surface area contributed by atoms with Gasteiger partial charge in [-0.1, -0.05) is 24.3 Å². The summed E-state index contributed by atoms with van der Waals surface area (Å²) in [5, 5.41) is 14.1. The fourth-order valence-electron chi connectivity index (χ4n) is 5.26. The van der Waals surface area contributed by atoms with Crippen molar-refractivity contribution in [2.45, 2.75) is 5.92 Å². The van der Waals surface area contributed by atoms with Crippen molar-refractivity contribution in [3.63, 3.8) is 0 Å². The van der Waals surface area contributed by atoms with E-state index in [0.717, 1.165) is 49.8 Å². The molecule has 0 aliphatic carbocycles. The number of non-ortho nitro benzene ring substituents is 1. The molecule has 0 spiro atoms. The number of halogens is 1. The SMILES string of the molecule is COc1ccc2[nH]c(C(=O)N3CC(CCl)c4c3cc(-c3ccc([N+](=O)[O-])cc3)c3ccccc43)cc2c1. The van der Waals surface area contributed by atoms with Gasteiger partial charge >= 0.3 is 0 Å². The lowest BCUT2D eigenvalue weighted by Crippen LogP contribution is -2.30. The number of methoxy groups -OCH3 is 1. The van der Waals surface area contributed by atoms with E-state index in [1.807, 2.05) is 54.6 Å². The van der Waals surface area contributed by atoms with Crippen LogP contribution in [0.1, 0.15) is 22.0 Å². The van der Waals surface area contributed by atoms with Crippen LogP contribution < -0.4 is 9.64 Å². The van der Waals surface area contributed by atoms with Crippen LogP contribution in [0.4, 0.5) is 11.4 Å². The highest BCUT2D eigenvalue weighted by atomic mass is 35.5. The van der Waals surface area contributed by atoms with Crippen LogP contribution in [0.5, 0.6) is 5.75 Å². The summed E-state index contributed by atoms with van der Waals surface area (Å²) in [6.07, 6.45) is 0. The van der Waals surface area contributed by atoms with E-state index in [1.165, 1.54) is 12.1 Å². The van der Waals surface area contributed by atoms with Gasteiger partial charge in [-0.3, -0.25) is 14.9 Å². The van der Waals surface area contributed by atoms with E-state index in [-0.39, 0.29) is 17.5 Å². The van der Waals surface area contributed by atoms with Crippen LogP contribution in [0.15, 0.2) is 78.9 Å². The Morgan fingerprint density at radius 3 is 2.54 bits per heavy atom. The van der Waals surface area contributed by atoms with Gasteiger partial charge in [0, 0.05) is 47.1 Å². The Morgan fingerprint density at radius 1 is 1.08 bits per heavy atom. The first kappa shape index (κ1) is 23.1. The molecule has 184 valence electrons. The van der Waals surface area contributed by atoms with Crippen molar-refractivity contribution in [2.75, 3.05) is 24.4 Å². The molecule has 6 rings (SSSR count). The molecule has 0 saturated carbocycles. The van der Waals surface area contributed by atoms with Gasteiger partial charge in [-0.05, 0) is 69.9 Å². The lowest BCUT2D eigenvalue weighted by molar-refractivity contribution is -0.384. The van der Waals surface area contributed by atoms with Crippen LogP contribution in [0.25, 0.3) is 32.8 Å². The van der Waals surface area contributed by atoms with Gasteiger partial charge in [0.05, 0.1) is 12.0 Å². The number of alkyl halides is 1. The summed E-state index contributed by atoms with van der Waals surface area (Å²) >= 11 is 6.43. The molecule has 2 heterocycles. The van der Waals surface area contributed by atoms with Gasteiger partial charge in [0.15, 0.2) is 0 Å². The maximum absolute atomic E-state index is 13.8. The minimum Gasteiger partial charge on any atom is -0.497 e. The zero-order valence-electron chi connectivity index (χ0n) is 19.9. The van der Waals surface area contributed by atoms with E-state index in [2.05, 4.69) is 4.98 Å². The predicted molar refractivity (Wildman–Crippen MR) is 146 cm³/mol. The van der Waals surface area contributed by atoms with Crippen molar-refractivity contribution in [2.24, 2.45) is 0 Å². The van der Waals surface area contributed by atoms with E-state index >= 15 is 0 Å². The molecule has 1 aliphatic heterocycles. The number of amides is 1. The number of nitrogens with zero attached hydrogens (tertiary/aromatic N) is 2. The van der Waals surface area contributed by atoms with E-state index < -0.39 is 4.92 Å². The Balaban J connectivity index is 1.50. The van der Waals surface area contributed by atoms with E-state index in [1.54, 1.807) is 24.1 Å². The molecular weight excluding hydrogens is 490 g/mol. The first-order valence-electron chi connectivity index (χ1n) is 11.8. The number of hydrogen-bond acceptors (Lipinski definition) is 4. The molecule has 0 bridgehead atoms. The fourth-order valence-corrected chi connectivity index (χ4v) is 5.52. The van der Waals surface area contributed by atoms with E-state index in [9.17, 15) is 14.9 Å². The highest BCUT2D eigenvalue weighted by Gasteiger charge is 2.35. The second-order valence-corrected chi connectivity index (χ2v) is 9.42. The predicted octanol–water partition coefficient (Wildman–Crippen LogP) is 6.89. The van der Waals surface area contributed by atoms with Gasteiger partial charge in [0.25, 0.3) is 11.6 Å². The van der Waals surface area contributed by atoms with Crippen LogP contribution in [-0.2, 0) is 0 Å². The van der Waals surface area contributed by atoms with Crippen molar-refractivity contribution in [1.82, 2.24) is 4.98 Å². The number of aromatic nitrogens is 1. The number of nitrogens with one attached hydrogen (secondary N) is 1. The number of nitro groups is 1. The normalized spacial score (nSPS) is 14.8. The van der Waals surface area contributed by atoms with Gasteiger partial charge in [-0.15, -0.1) is 11.6 Å². The second kappa shape index (κ2) is 8.94. The lowest BCUT2D eigenvalue weighted by atomic mass is 9.90. The average Bonchev–Trinajstić information content (AvgIpc) is 3.53. The smallest absolute Gasteiger partial charge is 0.274 e. The maximum atomic E-state index is 13.8. The topological polar surface area (TPSA) is 88.5 Å². The molecular formula is C29H22ClN3O4. The van der Waals surface area contributed by atoms with Crippen molar-refractivity contribution in [1.29, 1.82) is 0 Å². The largest absolute Gasteiger partial charge is 0.497 e. The third-order valence-electron chi connectivity index (χ3n) is 7.05. The van der Waals surface area contributed by atoms with Crippen molar-refractivity contribution < 1.29 is 14.5 Å². The number of carbonyl (C=O) groups excluding carboxylic acids is 1. The first-order chi connectivity index (χ1) is 18.0. The third-order valence-corrected chi connectivity index (χ3v) is 7.42. The summed E-state index contributed by atoms with van der Waals surface area (Å²) < 4.78 is 5.32. The monoisotopic (exact) mass is 511 g/mol. The maximum Gasteiger partial charge on any atom is 0.274 e. The summed E-state index contributed by atoms with van der Waals surface area (Å²) in [6, 6.07) is 24.0. The summed E-state index contributed by atoms with van der Waals surface area (Å²) in [7, 11) is 1.61. The number of benzene rings is 4. The number of hydrogen-bond donors (Lipinski definition) is 1. The summed E-state index contributed by atoms with van der Waals surface area (Å²) in [4.78, 5) is 29.6. The lowest BCUT2D eigenvalue weighted by Gasteiger charge is -2.19. The number of ether oxygens (including phenoxy) is 1. The Labute approximate surface area is 217 Å². The first-order valence-corrected chi connectivity index (χ1v) is 12.4. The number of fused-ring (bicyclic) bond motifs is 4. The highest BCUT2D eigenvalue weighted by molar-refractivity contribution is 6.19. The van der Waals surface area contributed by atoms with Crippen LogP contribution in [-0.4, -0.2) is 35.3 Å². The molecule has 1 atom stereocenters. The molecule has 1 aromatic heterocycles. The standard InChI is InChI=1S/C29H22ClN3O4/c1-37-21-10-11-25-18(12-21)13-26(31-25)29(34)32-16-19(15-30)28-23-5-3-2-4-22(23)24(14-27(28)32)17-6-8-20(9-7-17)33(35)36/h2-14,19,31H,15-16H2,1H3. The number of nitro benzene ring substituents is 1. The highest BCUT2D eigenvalue weighted by Crippen LogP contribution is 2.46. The van der Waals surface area contributed by atoms with Crippen LogP contribution in [0, 0.1) is 10.1 Å². The number of anilines is 1. The molecule has 8 heteroatoms. The Kier molecular flexibility index (Phi) is 5.57. The van der Waals surface area contributed by atoms with Gasteiger partial charge in [0.1, 0.15) is 11.4 Å². The van der Waals surface area contributed by atoms with Gasteiger partial charge in [0.2, 0.25) is 0 Å². The molecule has 4 aromatic carbocycles. The van der Waals surface area contributed by atoms with E-state index in [4.69, 9.17) is 16.3 Å². The molecule has 1 amide bonds. The average molecular weight is 512 g/mol. The zero-order valence-corrected chi connectivity index (χ0v) is 20.7. The Morgan fingerprint density at radius 2 is 1.84 bits per heavy atom. The number of rotatable bonds is 5. The minimum atomic E-state index is -0.411. The minimum absolute atomic E-state index is 0.0269. The van der Waals surface area contributed by atoms with Crippen LogP contribution >= 0.6 is 11.6 Å². The molecule has 37 heavy (non-hydrogen) atoms.